The maximum Gasteiger partial charge on any atom is 0.161 e. The van der Waals surface area contributed by atoms with E-state index in [1.807, 2.05) is 0 Å². The number of ether oxygens (including phenoxy) is 2. The fourth-order valence-electron chi connectivity index (χ4n) is 2.51. The first-order chi connectivity index (χ1) is 8.83. The minimum Gasteiger partial charge on any atom is -0.486 e. The van der Waals surface area contributed by atoms with Crippen LogP contribution in [0, 0.1) is 6.92 Å². The van der Waals surface area contributed by atoms with Gasteiger partial charge in [-0.2, -0.15) is 0 Å². The SMILES string of the molecule is Cc1cc2c(cc1CNC1CCNC1)OCCO2. The number of hydrogen-bond donors (Lipinski definition) is 2. The highest BCUT2D eigenvalue weighted by atomic mass is 16.6. The molecule has 0 spiro atoms. The molecule has 1 aromatic carbocycles. The molecule has 0 bridgehead atoms. The zero-order valence-corrected chi connectivity index (χ0v) is 10.8. The first-order valence-electron chi connectivity index (χ1n) is 6.66. The molecule has 4 nitrogen and oxygen atoms in total. The van der Waals surface area contributed by atoms with E-state index in [1.54, 1.807) is 0 Å². The van der Waals surface area contributed by atoms with E-state index in [0.29, 0.717) is 19.3 Å². The van der Waals surface area contributed by atoms with Crippen molar-refractivity contribution in [2.75, 3.05) is 26.3 Å². The second-order valence-corrected chi connectivity index (χ2v) is 4.99. The number of benzene rings is 1. The Kier molecular flexibility index (Phi) is 3.39. The molecule has 2 N–H and O–H groups in total. The monoisotopic (exact) mass is 248 g/mol. The van der Waals surface area contributed by atoms with Gasteiger partial charge in [-0.15, -0.1) is 0 Å². The van der Waals surface area contributed by atoms with Crippen molar-refractivity contribution in [1.29, 1.82) is 0 Å². The van der Waals surface area contributed by atoms with Crippen LogP contribution in [-0.4, -0.2) is 32.3 Å². The van der Waals surface area contributed by atoms with Gasteiger partial charge in [0.2, 0.25) is 0 Å². The van der Waals surface area contributed by atoms with Crippen LogP contribution in [0.15, 0.2) is 12.1 Å². The number of fused-ring (bicyclic) bond motifs is 1. The van der Waals surface area contributed by atoms with Crippen LogP contribution in [-0.2, 0) is 6.54 Å². The Morgan fingerprint density at radius 2 is 2.06 bits per heavy atom. The fourth-order valence-corrected chi connectivity index (χ4v) is 2.51. The fraction of sp³-hybridized carbons (Fsp3) is 0.571. The quantitative estimate of drug-likeness (QED) is 0.844. The third kappa shape index (κ3) is 2.44. The van der Waals surface area contributed by atoms with Crippen LogP contribution in [0.2, 0.25) is 0 Å². The van der Waals surface area contributed by atoms with Gasteiger partial charge in [-0.1, -0.05) is 0 Å². The summed E-state index contributed by atoms with van der Waals surface area (Å²) in [4.78, 5) is 0. The predicted octanol–water partition coefficient (Wildman–Crippen LogP) is 1.22. The number of rotatable bonds is 3. The molecule has 0 saturated carbocycles. The molecular formula is C14H20N2O2. The molecule has 1 aromatic rings. The molecule has 0 aliphatic carbocycles. The first kappa shape index (κ1) is 11.8. The lowest BCUT2D eigenvalue weighted by atomic mass is 10.1. The second kappa shape index (κ2) is 5.16. The smallest absolute Gasteiger partial charge is 0.161 e. The summed E-state index contributed by atoms with van der Waals surface area (Å²) >= 11 is 0. The van der Waals surface area contributed by atoms with Crippen LogP contribution in [0.5, 0.6) is 11.5 Å². The lowest BCUT2D eigenvalue weighted by Crippen LogP contribution is -2.30. The van der Waals surface area contributed by atoms with Gasteiger partial charge >= 0.3 is 0 Å². The topological polar surface area (TPSA) is 42.5 Å². The largest absolute Gasteiger partial charge is 0.486 e. The Balaban J connectivity index is 1.70. The predicted molar refractivity (Wildman–Crippen MR) is 70.3 cm³/mol. The molecule has 0 amide bonds. The Labute approximate surface area is 108 Å². The Morgan fingerprint density at radius 3 is 2.78 bits per heavy atom. The molecule has 1 fully saturated rings. The van der Waals surface area contributed by atoms with Crippen LogP contribution in [0.25, 0.3) is 0 Å². The van der Waals surface area contributed by atoms with Crippen LogP contribution in [0.4, 0.5) is 0 Å². The maximum absolute atomic E-state index is 5.63. The molecule has 2 heterocycles. The number of nitrogens with one attached hydrogen (secondary N) is 2. The van der Waals surface area contributed by atoms with Gasteiger partial charge in [-0.25, -0.2) is 0 Å². The van der Waals surface area contributed by atoms with Crippen molar-refractivity contribution >= 4 is 0 Å². The number of aryl methyl sites for hydroxylation is 1. The summed E-state index contributed by atoms with van der Waals surface area (Å²) in [5, 5.41) is 6.95. The zero-order valence-electron chi connectivity index (χ0n) is 10.8. The maximum atomic E-state index is 5.63. The van der Waals surface area contributed by atoms with E-state index in [2.05, 4.69) is 29.7 Å². The molecule has 2 aliphatic rings. The average Bonchev–Trinajstić information content (AvgIpc) is 2.89. The summed E-state index contributed by atoms with van der Waals surface area (Å²) in [7, 11) is 0. The van der Waals surface area contributed by atoms with Crippen molar-refractivity contribution in [2.24, 2.45) is 0 Å². The third-order valence-electron chi connectivity index (χ3n) is 3.64. The minimum absolute atomic E-state index is 0.595. The molecule has 1 unspecified atom stereocenters. The molecule has 1 atom stereocenters. The average molecular weight is 248 g/mol. The normalized spacial score (nSPS) is 22.2. The lowest BCUT2D eigenvalue weighted by molar-refractivity contribution is 0.171. The molecule has 2 aliphatic heterocycles. The summed E-state index contributed by atoms with van der Waals surface area (Å²) in [5.74, 6) is 1.76. The van der Waals surface area contributed by atoms with Crippen LogP contribution in [0.1, 0.15) is 17.5 Å². The van der Waals surface area contributed by atoms with E-state index < -0.39 is 0 Å². The van der Waals surface area contributed by atoms with Gasteiger partial charge in [-0.05, 0) is 43.1 Å². The van der Waals surface area contributed by atoms with E-state index in [1.165, 1.54) is 17.5 Å². The molecule has 1 saturated heterocycles. The van der Waals surface area contributed by atoms with Crippen molar-refractivity contribution in [3.8, 4) is 11.5 Å². The highest BCUT2D eigenvalue weighted by Gasteiger charge is 2.16. The Bertz CT molecular complexity index is 428. The summed E-state index contributed by atoms with van der Waals surface area (Å²) in [6.07, 6.45) is 1.21. The van der Waals surface area contributed by atoms with Gasteiger partial charge in [0.25, 0.3) is 0 Å². The van der Waals surface area contributed by atoms with Crippen LogP contribution in [0.3, 0.4) is 0 Å². The van der Waals surface area contributed by atoms with E-state index in [0.717, 1.165) is 31.1 Å². The molecule has 98 valence electrons. The van der Waals surface area contributed by atoms with Crippen molar-refractivity contribution < 1.29 is 9.47 Å². The van der Waals surface area contributed by atoms with Crippen molar-refractivity contribution in [3.63, 3.8) is 0 Å². The van der Waals surface area contributed by atoms with E-state index in [9.17, 15) is 0 Å². The second-order valence-electron chi connectivity index (χ2n) is 4.99. The molecule has 0 radical (unpaired) electrons. The minimum atomic E-state index is 0.595. The van der Waals surface area contributed by atoms with Gasteiger partial charge in [-0.3, -0.25) is 0 Å². The van der Waals surface area contributed by atoms with Gasteiger partial charge < -0.3 is 20.1 Å². The van der Waals surface area contributed by atoms with Crippen molar-refractivity contribution in [3.05, 3.63) is 23.3 Å². The summed E-state index contributed by atoms with van der Waals surface area (Å²) in [5.41, 5.74) is 2.56. The van der Waals surface area contributed by atoms with Gasteiger partial charge in [0.1, 0.15) is 13.2 Å². The lowest BCUT2D eigenvalue weighted by Gasteiger charge is -2.21. The molecule has 4 heteroatoms. The van der Waals surface area contributed by atoms with Crippen molar-refractivity contribution in [1.82, 2.24) is 10.6 Å². The van der Waals surface area contributed by atoms with E-state index >= 15 is 0 Å². The molecule has 0 aromatic heterocycles. The molecular weight excluding hydrogens is 228 g/mol. The van der Waals surface area contributed by atoms with Gasteiger partial charge in [0.05, 0.1) is 0 Å². The van der Waals surface area contributed by atoms with Crippen LogP contribution >= 0.6 is 0 Å². The van der Waals surface area contributed by atoms with Gasteiger partial charge in [0.15, 0.2) is 11.5 Å². The van der Waals surface area contributed by atoms with E-state index in [4.69, 9.17) is 9.47 Å². The molecule has 3 rings (SSSR count). The summed E-state index contributed by atoms with van der Waals surface area (Å²) in [6, 6.07) is 4.79. The summed E-state index contributed by atoms with van der Waals surface area (Å²) in [6.45, 7) is 6.52. The first-order valence-corrected chi connectivity index (χ1v) is 6.66. The molecule has 18 heavy (non-hydrogen) atoms. The third-order valence-corrected chi connectivity index (χ3v) is 3.64. The Hall–Kier alpha value is -1.26. The summed E-state index contributed by atoms with van der Waals surface area (Å²) < 4.78 is 11.2. The highest BCUT2D eigenvalue weighted by Crippen LogP contribution is 2.32. The number of hydrogen-bond acceptors (Lipinski definition) is 4. The van der Waals surface area contributed by atoms with Crippen molar-refractivity contribution in [2.45, 2.75) is 25.9 Å². The van der Waals surface area contributed by atoms with Crippen LogP contribution < -0.4 is 20.1 Å². The Morgan fingerprint density at radius 1 is 1.28 bits per heavy atom. The highest BCUT2D eigenvalue weighted by molar-refractivity contribution is 5.47. The standard InChI is InChI=1S/C14H20N2O2/c1-10-6-13-14(18-5-4-17-13)7-11(10)8-16-12-2-3-15-9-12/h6-7,12,15-16H,2-5,8-9H2,1H3. The van der Waals surface area contributed by atoms with E-state index in [-0.39, 0.29) is 0 Å². The zero-order chi connectivity index (χ0) is 12.4. The van der Waals surface area contributed by atoms with Gasteiger partial charge in [0, 0.05) is 19.1 Å².